The lowest BCUT2D eigenvalue weighted by Gasteiger charge is -2.15. The molecule has 0 radical (unpaired) electrons. The van der Waals surface area contributed by atoms with Gasteiger partial charge in [0.05, 0.1) is 26.1 Å². The number of anilines is 1. The Labute approximate surface area is 150 Å². The van der Waals surface area contributed by atoms with Gasteiger partial charge < -0.3 is 14.6 Å². The number of nitrogens with one attached hydrogen (secondary N) is 1. The highest BCUT2D eigenvalue weighted by atomic mass is 32.2. The zero-order chi connectivity index (χ0) is 19.3. The molecule has 26 heavy (non-hydrogen) atoms. The highest BCUT2D eigenvalue weighted by Gasteiger charge is 2.24. The van der Waals surface area contributed by atoms with Gasteiger partial charge in [-0.05, 0) is 30.7 Å². The van der Waals surface area contributed by atoms with Crippen molar-refractivity contribution in [3.8, 4) is 11.5 Å². The van der Waals surface area contributed by atoms with E-state index >= 15 is 0 Å². The maximum atomic E-state index is 12.8. The van der Waals surface area contributed by atoms with E-state index in [9.17, 15) is 13.2 Å². The van der Waals surface area contributed by atoms with Crippen molar-refractivity contribution in [1.82, 2.24) is 9.78 Å². The molecule has 0 unspecified atom stereocenters. The molecule has 0 saturated carbocycles. The van der Waals surface area contributed by atoms with Crippen molar-refractivity contribution in [2.75, 3.05) is 18.9 Å². The number of carbonyl (C=O) groups is 1. The molecule has 0 bridgehead atoms. The fourth-order valence-corrected chi connectivity index (χ4v) is 3.46. The summed E-state index contributed by atoms with van der Waals surface area (Å²) in [6, 6.07) is 2.78. The number of nitrogens with zero attached hydrogens (tertiary/aromatic N) is 2. The van der Waals surface area contributed by atoms with Gasteiger partial charge in [-0.2, -0.15) is 5.10 Å². The van der Waals surface area contributed by atoms with E-state index < -0.39 is 16.0 Å². The largest absolute Gasteiger partial charge is 0.493 e. The molecule has 9 nitrogen and oxygen atoms in total. The monoisotopic (exact) mass is 381 g/mol. The van der Waals surface area contributed by atoms with Crippen LogP contribution in [0.2, 0.25) is 0 Å². The van der Waals surface area contributed by atoms with Gasteiger partial charge >= 0.3 is 5.97 Å². The number of carboxylic acid groups (broad SMARTS) is 1. The number of hydrogen-bond donors (Lipinski definition) is 2. The second kappa shape index (κ2) is 7.91. The number of carboxylic acids is 1. The van der Waals surface area contributed by atoms with Crippen molar-refractivity contribution in [3.05, 3.63) is 36.2 Å². The number of rotatable bonds is 8. The Kier molecular flexibility index (Phi) is 5.88. The predicted octanol–water partition coefficient (Wildman–Crippen LogP) is 1.82. The summed E-state index contributed by atoms with van der Waals surface area (Å²) in [4.78, 5) is 10.5. The van der Waals surface area contributed by atoms with E-state index in [2.05, 4.69) is 9.82 Å². The summed E-state index contributed by atoms with van der Waals surface area (Å²) >= 11 is 0. The molecule has 2 aromatic rings. The third-order valence-electron chi connectivity index (χ3n) is 3.38. The fourth-order valence-electron chi connectivity index (χ4n) is 2.21. The normalized spacial score (nSPS) is 11.5. The van der Waals surface area contributed by atoms with Gasteiger partial charge in [0, 0.05) is 18.8 Å². The number of methoxy groups -OCH3 is 2. The SMILES string of the molecule is CCn1cc(NS(=O)(=O)c2cc(/C=C/C(=O)O)cc(OC)c2OC)cn1. The Morgan fingerprint density at radius 2 is 2.08 bits per heavy atom. The molecular weight excluding hydrogens is 362 g/mol. The molecule has 0 aliphatic rings. The van der Waals surface area contributed by atoms with E-state index in [1.807, 2.05) is 6.92 Å². The molecule has 0 aliphatic carbocycles. The number of aryl methyl sites for hydroxylation is 1. The van der Waals surface area contributed by atoms with E-state index in [1.165, 1.54) is 38.6 Å². The lowest BCUT2D eigenvalue weighted by Crippen LogP contribution is -2.14. The number of hydrogen-bond acceptors (Lipinski definition) is 6. The van der Waals surface area contributed by atoms with E-state index in [0.29, 0.717) is 17.8 Å². The van der Waals surface area contributed by atoms with Gasteiger partial charge in [-0.3, -0.25) is 9.40 Å². The van der Waals surface area contributed by atoms with Crippen LogP contribution in [0.15, 0.2) is 35.5 Å². The van der Waals surface area contributed by atoms with Crippen molar-refractivity contribution in [2.45, 2.75) is 18.4 Å². The van der Waals surface area contributed by atoms with Gasteiger partial charge in [0.15, 0.2) is 11.5 Å². The Morgan fingerprint density at radius 1 is 1.35 bits per heavy atom. The third kappa shape index (κ3) is 4.33. The highest BCUT2D eigenvalue weighted by molar-refractivity contribution is 7.92. The summed E-state index contributed by atoms with van der Waals surface area (Å²) in [6.45, 7) is 2.46. The summed E-state index contributed by atoms with van der Waals surface area (Å²) in [6.07, 6.45) is 5.10. The van der Waals surface area contributed by atoms with Gasteiger partial charge in [-0.15, -0.1) is 0 Å². The number of ether oxygens (including phenoxy) is 2. The van der Waals surface area contributed by atoms with Gasteiger partial charge in [0.1, 0.15) is 4.90 Å². The Hall–Kier alpha value is -3.01. The molecule has 2 rings (SSSR count). The average Bonchev–Trinajstić information content (AvgIpc) is 3.05. The molecule has 2 N–H and O–H groups in total. The van der Waals surface area contributed by atoms with Crippen LogP contribution in [0.25, 0.3) is 6.08 Å². The zero-order valence-electron chi connectivity index (χ0n) is 14.5. The van der Waals surface area contributed by atoms with Crippen LogP contribution in [0.3, 0.4) is 0 Å². The predicted molar refractivity (Wildman–Crippen MR) is 94.9 cm³/mol. The lowest BCUT2D eigenvalue weighted by molar-refractivity contribution is -0.131. The zero-order valence-corrected chi connectivity index (χ0v) is 15.3. The first kappa shape index (κ1) is 19.3. The van der Waals surface area contributed by atoms with Gasteiger partial charge in [-0.25, -0.2) is 13.2 Å². The topological polar surface area (TPSA) is 120 Å². The van der Waals surface area contributed by atoms with Crippen LogP contribution in [-0.4, -0.2) is 43.5 Å². The van der Waals surface area contributed by atoms with Crippen LogP contribution in [0.4, 0.5) is 5.69 Å². The second-order valence-corrected chi connectivity index (χ2v) is 6.77. The third-order valence-corrected chi connectivity index (χ3v) is 4.77. The maximum Gasteiger partial charge on any atom is 0.328 e. The standard InChI is InChI=1S/C16H19N3O6S/c1-4-19-10-12(9-17-19)18-26(22,23)14-8-11(5-6-15(20)21)7-13(24-2)16(14)25-3/h5-10,18H,4H2,1-3H3,(H,20,21)/b6-5+. The minimum absolute atomic E-state index is 0.00959. The summed E-state index contributed by atoms with van der Waals surface area (Å²) in [5, 5.41) is 12.8. The minimum atomic E-state index is -4.03. The summed E-state index contributed by atoms with van der Waals surface area (Å²) in [7, 11) is -1.36. The van der Waals surface area contributed by atoms with Gasteiger partial charge in [0.2, 0.25) is 0 Å². The lowest BCUT2D eigenvalue weighted by atomic mass is 10.2. The Bertz CT molecular complexity index is 933. The Balaban J connectivity index is 2.53. The van der Waals surface area contributed by atoms with Crippen molar-refractivity contribution < 1.29 is 27.8 Å². The number of aromatic nitrogens is 2. The second-order valence-electron chi connectivity index (χ2n) is 5.12. The molecule has 0 aliphatic heterocycles. The number of sulfonamides is 1. The molecule has 1 aromatic carbocycles. The van der Waals surface area contributed by atoms with Crippen LogP contribution >= 0.6 is 0 Å². The van der Waals surface area contributed by atoms with Crippen LogP contribution in [0.1, 0.15) is 12.5 Å². The first-order valence-corrected chi connectivity index (χ1v) is 9.01. The first-order valence-electron chi connectivity index (χ1n) is 7.53. The molecule has 10 heteroatoms. The van der Waals surface area contributed by atoms with Gasteiger partial charge in [-0.1, -0.05) is 0 Å². The smallest absolute Gasteiger partial charge is 0.328 e. The van der Waals surface area contributed by atoms with Crippen LogP contribution in [0, 0.1) is 0 Å². The van der Waals surface area contributed by atoms with Crippen molar-refractivity contribution >= 4 is 27.8 Å². The van der Waals surface area contributed by atoms with E-state index in [-0.39, 0.29) is 16.4 Å². The fraction of sp³-hybridized carbons (Fsp3) is 0.250. The molecule has 0 spiro atoms. The van der Waals surface area contributed by atoms with Crippen LogP contribution < -0.4 is 14.2 Å². The Morgan fingerprint density at radius 3 is 2.62 bits per heavy atom. The molecule has 0 fully saturated rings. The summed E-state index contributed by atoms with van der Waals surface area (Å²) < 4.78 is 40.0. The quantitative estimate of drug-likeness (QED) is 0.669. The van der Waals surface area contributed by atoms with Crippen LogP contribution in [-0.2, 0) is 21.4 Å². The van der Waals surface area contributed by atoms with Crippen molar-refractivity contribution in [2.24, 2.45) is 0 Å². The molecule has 0 atom stereocenters. The van der Waals surface area contributed by atoms with E-state index in [1.54, 1.807) is 10.9 Å². The number of aliphatic carboxylic acids is 1. The van der Waals surface area contributed by atoms with E-state index in [4.69, 9.17) is 14.6 Å². The summed E-state index contributed by atoms with van der Waals surface area (Å²) in [5.74, 6) is -0.991. The van der Waals surface area contributed by atoms with Crippen molar-refractivity contribution in [1.29, 1.82) is 0 Å². The molecule has 0 saturated heterocycles. The first-order chi connectivity index (χ1) is 12.3. The molecule has 1 aromatic heterocycles. The summed E-state index contributed by atoms with van der Waals surface area (Å²) in [5.41, 5.74) is 0.619. The number of benzene rings is 1. The van der Waals surface area contributed by atoms with E-state index in [0.717, 1.165) is 6.08 Å². The average molecular weight is 381 g/mol. The van der Waals surface area contributed by atoms with Crippen molar-refractivity contribution in [3.63, 3.8) is 0 Å². The molecule has 0 amide bonds. The molecular formula is C16H19N3O6S. The highest BCUT2D eigenvalue weighted by Crippen LogP contribution is 2.36. The maximum absolute atomic E-state index is 12.8. The molecule has 1 heterocycles. The molecule has 140 valence electrons. The van der Waals surface area contributed by atoms with Crippen LogP contribution in [0.5, 0.6) is 11.5 Å². The van der Waals surface area contributed by atoms with Gasteiger partial charge in [0.25, 0.3) is 10.0 Å². The minimum Gasteiger partial charge on any atom is -0.493 e.